The molecule has 1 aromatic rings. The van der Waals surface area contributed by atoms with E-state index >= 15 is 0 Å². The van der Waals surface area contributed by atoms with Gasteiger partial charge in [0.1, 0.15) is 10.5 Å². The van der Waals surface area contributed by atoms with Crippen LogP contribution in [0.2, 0.25) is 0 Å². The zero-order valence-electron chi connectivity index (χ0n) is 15.4. The molecule has 0 aliphatic carbocycles. The average molecular weight is 394 g/mol. The van der Waals surface area contributed by atoms with Crippen LogP contribution in [0.3, 0.4) is 0 Å². The molecule has 3 fully saturated rings. The molecule has 1 atom stereocenters. The number of rotatable bonds is 5. The van der Waals surface area contributed by atoms with Gasteiger partial charge in [0.2, 0.25) is 0 Å². The van der Waals surface area contributed by atoms with Gasteiger partial charge in [-0.3, -0.25) is 9.69 Å². The predicted octanol–water partition coefficient (Wildman–Crippen LogP) is 0.413. The first-order valence-electron chi connectivity index (χ1n) is 9.48. The molecule has 27 heavy (non-hydrogen) atoms. The highest BCUT2D eigenvalue weighted by molar-refractivity contribution is 7.93. The van der Waals surface area contributed by atoms with Crippen molar-refractivity contribution in [2.75, 3.05) is 58.3 Å². The van der Waals surface area contributed by atoms with E-state index in [1.807, 2.05) is 18.2 Å². The van der Waals surface area contributed by atoms with Crippen LogP contribution in [-0.2, 0) is 19.4 Å². The molecule has 3 aliphatic heterocycles. The highest BCUT2D eigenvalue weighted by Gasteiger charge is 2.62. The fourth-order valence-corrected chi connectivity index (χ4v) is 6.76. The van der Waals surface area contributed by atoms with E-state index in [9.17, 15) is 13.2 Å². The lowest BCUT2D eigenvalue weighted by Crippen LogP contribution is -2.70. The first-order valence-corrected chi connectivity index (χ1v) is 11.1. The van der Waals surface area contributed by atoms with Crippen molar-refractivity contribution in [3.8, 4) is 5.75 Å². The Kier molecular flexibility index (Phi) is 5.13. The second kappa shape index (κ2) is 7.41. The first kappa shape index (κ1) is 18.7. The first-order chi connectivity index (χ1) is 13.0. The summed E-state index contributed by atoms with van der Waals surface area (Å²) in [5.74, 6) is 0.793. The van der Waals surface area contributed by atoms with Gasteiger partial charge in [-0.2, -0.15) is 0 Å². The molecule has 3 heterocycles. The summed E-state index contributed by atoms with van der Waals surface area (Å²) in [6, 6.07) is 9.17. The molecule has 1 spiro atoms. The standard InChI is InChI=1S/C19H26N2O5S/c22-18(13-26-17-4-2-1-3-5-17)21-14-19(15-21)16(6-11-27(19,23)24)12-20-7-9-25-10-8-20/h1-5,16H,6-15H2. The molecular formula is C19H26N2O5S. The van der Waals surface area contributed by atoms with Crippen molar-refractivity contribution in [1.82, 2.24) is 9.80 Å². The molecule has 1 amide bonds. The van der Waals surface area contributed by atoms with Crippen LogP contribution in [0.4, 0.5) is 0 Å². The van der Waals surface area contributed by atoms with Gasteiger partial charge < -0.3 is 14.4 Å². The predicted molar refractivity (Wildman–Crippen MR) is 100 cm³/mol. The molecule has 4 rings (SSSR count). The number of carbonyl (C=O) groups excluding carboxylic acids is 1. The van der Waals surface area contributed by atoms with Crippen molar-refractivity contribution in [3.63, 3.8) is 0 Å². The largest absolute Gasteiger partial charge is 0.484 e. The Labute approximate surface area is 160 Å². The maximum Gasteiger partial charge on any atom is 0.260 e. The van der Waals surface area contributed by atoms with Crippen LogP contribution in [0.5, 0.6) is 5.75 Å². The van der Waals surface area contributed by atoms with Gasteiger partial charge in [-0.05, 0) is 24.5 Å². The summed E-state index contributed by atoms with van der Waals surface area (Å²) in [7, 11) is -3.18. The van der Waals surface area contributed by atoms with Gasteiger partial charge in [0.25, 0.3) is 5.91 Å². The van der Waals surface area contributed by atoms with Gasteiger partial charge in [0, 0.05) is 32.7 Å². The highest BCUT2D eigenvalue weighted by atomic mass is 32.2. The summed E-state index contributed by atoms with van der Waals surface area (Å²) >= 11 is 0. The SMILES string of the molecule is O=C(COc1ccccc1)N1CC2(C1)C(CN1CCOCC1)CCS2(=O)=O. The van der Waals surface area contributed by atoms with Crippen LogP contribution in [0.25, 0.3) is 0 Å². The van der Waals surface area contributed by atoms with E-state index in [1.54, 1.807) is 17.0 Å². The third-order valence-corrected chi connectivity index (χ3v) is 8.66. The van der Waals surface area contributed by atoms with Crippen molar-refractivity contribution in [1.29, 1.82) is 0 Å². The lowest BCUT2D eigenvalue weighted by atomic mass is 9.82. The van der Waals surface area contributed by atoms with Crippen molar-refractivity contribution in [2.24, 2.45) is 5.92 Å². The normalized spacial score (nSPS) is 26.7. The molecular weight excluding hydrogens is 368 g/mol. The summed E-state index contributed by atoms with van der Waals surface area (Å²) in [6.07, 6.45) is 0.683. The maximum atomic E-state index is 12.8. The maximum absolute atomic E-state index is 12.8. The lowest BCUT2D eigenvalue weighted by molar-refractivity contribution is -0.139. The Morgan fingerprint density at radius 2 is 1.89 bits per heavy atom. The molecule has 3 aliphatic rings. The molecule has 0 bridgehead atoms. The number of amides is 1. The highest BCUT2D eigenvalue weighted by Crippen LogP contribution is 2.45. The molecule has 0 aromatic heterocycles. The van der Waals surface area contributed by atoms with Crippen LogP contribution in [0.15, 0.2) is 30.3 Å². The molecule has 148 valence electrons. The van der Waals surface area contributed by atoms with Gasteiger partial charge in [-0.15, -0.1) is 0 Å². The summed E-state index contributed by atoms with van der Waals surface area (Å²) in [5.41, 5.74) is 0. The molecule has 1 aromatic carbocycles. The van der Waals surface area contributed by atoms with Crippen LogP contribution >= 0.6 is 0 Å². The Balaban J connectivity index is 1.36. The molecule has 1 unspecified atom stereocenters. The van der Waals surface area contributed by atoms with Gasteiger partial charge in [0.15, 0.2) is 16.4 Å². The number of likely N-dealkylation sites (tertiary alicyclic amines) is 1. The Morgan fingerprint density at radius 3 is 2.59 bits per heavy atom. The number of nitrogens with zero attached hydrogens (tertiary/aromatic N) is 2. The summed E-state index contributed by atoms with van der Waals surface area (Å²) in [4.78, 5) is 16.3. The number of carbonyl (C=O) groups is 1. The minimum Gasteiger partial charge on any atom is -0.484 e. The Morgan fingerprint density at radius 1 is 1.19 bits per heavy atom. The monoisotopic (exact) mass is 394 g/mol. The van der Waals surface area contributed by atoms with Crippen molar-refractivity contribution in [3.05, 3.63) is 30.3 Å². The zero-order chi connectivity index (χ0) is 18.9. The van der Waals surface area contributed by atoms with Gasteiger partial charge >= 0.3 is 0 Å². The van der Waals surface area contributed by atoms with Crippen LogP contribution in [-0.4, -0.2) is 87.2 Å². The minimum absolute atomic E-state index is 0.0612. The number of hydrogen-bond donors (Lipinski definition) is 0. The van der Waals surface area contributed by atoms with E-state index in [0.29, 0.717) is 38.5 Å². The fourth-order valence-electron chi connectivity index (χ4n) is 4.35. The van der Waals surface area contributed by atoms with E-state index in [0.717, 1.165) is 19.6 Å². The van der Waals surface area contributed by atoms with Gasteiger partial charge in [-0.1, -0.05) is 18.2 Å². The average Bonchev–Trinajstić information content (AvgIpc) is 2.91. The van der Waals surface area contributed by atoms with E-state index in [4.69, 9.17) is 9.47 Å². The Hall–Kier alpha value is -1.64. The second-order valence-electron chi connectivity index (χ2n) is 7.63. The molecule has 0 radical (unpaired) electrons. The summed E-state index contributed by atoms with van der Waals surface area (Å²) < 4.78 is 35.6. The quantitative estimate of drug-likeness (QED) is 0.720. The third kappa shape index (κ3) is 3.58. The number of morpholine rings is 1. The van der Waals surface area contributed by atoms with E-state index in [2.05, 4.69) is 4.90 Å². The molecule has 0 saturated carbocycles. The van der Waals surface area contributed by atoms with Crippen molar-refractivity contribution < 1.29 is 22.7 Å². The zero-order valence-corrected chi connectivity index (χ0v) is 16.2. The van der Waals surface area contributed by atoms with Crippen LogP contribution in [0, 0.1) is 5.92 Å². The number of para-hydroxylation sites is 1. The van der Waals surface area contributed by atoms with Crippen molar-refractivity contribution >= 4 is 15.7 Å². The molecule has 0 N–H and O–H groups in total. The van der Waals surface area contributed by atoms with E-state index in [1.165, 1.54) is 0 Å². The summed E-state index contributed by atoms with van der Waals surface area (Å²) in [6.45, 7) is 4.39. The van der Waals surface area contributed by atoms with Crippen LogP contribution in [0.1, 0.15) is 6.42 Å². The molecule has 8 heteroatoms. The molecule has 7 nitrogen and oxygen atoms in total. The number of hydrogen-bond acceptors (Lipinski definition) is 6. The van der Waals surface area contributed by atoms with Gasteiger partial charge in [-0.25, -0.2) is 8.42 Å². The van der Waals surface area contributed by atoms with E-state index in [-0.39, 0.29) is 24.2 Å². The van der Waals surface area contributed by atoms with E-state index < -0.39 is 14.6 Å². The number of sulfone groups is 1. The lowest BCUT2D eigenvalue weighted by Gasteiger charge is -2.50. The smallest absolute Gasteiger partial charge is 0.260 e. The van der Waals surface area contributed by atoms with Gasteiger partial charge in [0.05, 0.1) is 19.0 Å². The second-order valence-corrected chi connectivity index (χ2v) is 10.1. The van der Waals surface area contributed by atoms with Crippen molar-refractivity contribution in [2.45, 2.75) is 11.2 Å². The van der Waals surface area contributed by atoms with Crippen LogP contribution < -0.4 is 4.74 Å². The number of benzene rings is 1. The third-order valence-electron chi connectivity index (χ3n) is 6.06. The number of ether oxygens (including phenoxy) is 2. The molecule has 3 saturated heterocycles. The Bertz CT molecular complexity index is 771. The summed E-state index contributed by atoms with van der Waals surface area (Å²) in [5, 5.41) is 0. The topological polar surface area (TPSA) is 76.2 Å². The fraction of sp³-hybridized carbons (Fsp3) is 0.632. The minimum atomic E-state index is -3.18.